The van der Waals surface area contributed by atoms with Crippen molar-refractivity contribution >= 4 is 41.1 Å². The highest BCUT2D eigenvalue weighted by molar-refractivity contribution is 6.31. The van der Waals surface area contributed by atoms with E-state index in [1.807, 2.05) is 0 Å². The van der Waals surface area contributed by atoms with E-state index >= 15 is 0 Å². The zero-order chi connectivity index (χ0) is 29.1. The van der Waals surface area contributed by atoms with Gasteiger partial charge in [-0.1, -0.05) is 23.2 Å². The molecule has 0 unspecified atom stereocenters. The van der Waals surface area contributed by atoms with Crippen LogP contribution in [0.3, 0.4) is 0 Å². The smallest absolute Gasteiger partial charge is 0.409 e. The molecule has 9 nitrogen and oxygen atoms in total. The average Bonchev–Trinajstić information content (AvgIpc) is 2.91. The molecule has 5 rings (SSSR count). The van der Waals surface area contributed by atoms with Crippen molar-refractivity contribution in [2.45, 2.75) is 49.3 Å². The zero-order valence-corrected chi connectivity index (χ0v) is 23.4. The quantitative estimate of drug-likeness (QED) is 0.440. The summed E-state index contributed by atoms with van der Waals surface area (Å²) in [5.74, 6) is -1.92. The number of hydrogen-bond donors (Lipinski definition) is 2. The topological polar surface area (TPSA) is 106 Å². The Hall–Kier alpha value is -3.31. The van der Waals surface area contributed by atoms with E-state index in [0.717, 1.165) is 12.1 Å². The maximum Gasteiger partial charge on any atom is 0.409 e. The van der Waals surface area contributed by atoms with E-state index in [9.17, 15) is 23.2 Å². The van der Waals surface area contributed by atoms with Gasteiger partial charge in [0.05, 0.1) is 15.6 Å². The van der Waals surface area contributed by atoms with Crippen molar-refractivity contribution in [3.8, 4) is 11.5 Å². The first kappa shape index (κ1) is 29.7. The lowest BCUT2D eigenvalue weighted by atomic mass is 9.59. The van der Waals surface area contributed by atoms with E-state index in [1.54, 1.807) is 14.1 Å². The molecule has 2 aromatic rings. The number of nitrogens with one attached hydrogen (secondary N) is 2. The van der Waals surface area contributed by atoms with Crippen molar-refractivity contribution in [2.75, 3.05) is 27.3 Å². The molecule has 2 bridgehead atoms. The van der Waals surface area contributed by atoms with Crippen molar-refractivity contribution < 1.29 is 37.4 Å². The van der Waals surface area contributed by atoms with Crippen LogP contribution < -0.4 is 20.1 Å². The normalized spacial score (nSPS) is 23.2. The first-order valence-corrected chi connectivity index (χ1v) is 13.3. The Kier molecular flexibility index (Phi) is 8.94. The molecule has 13 heteroatoms. The molecule has 2 N–H and O–H groups in total. The number of carbonyl (C=O) groups is 3. The summed E-state index contributed by atoms with van der Waals surface area (Å²) in [6, 6.07) is 7.75. The summed E-state index contributed by atoms with van der Waals surface area (Å²) < 4.78 is 44.0. The van der Waals surface area contributed by atoms with Gasteiger partial charge in [0.15, 0.2) is 13.2 Å². The molecule has 3 saturated carbocycles. The number of hydrogen-bond acceptors (Lipinski definition) is 6. The monoisotopic (exact) mass is 599 g/mol. The number of carbonyl (C=O) groups excluding carboxylic acids is 3. The Labute approximate surface area is 240 Å². The van der Waals surface area contributed by atoms with Crippen LogP contribution in [-0.4, -0.2) is 67.3 Å². The third-order valence-corrected chi connectivity index (χ3v) is 7.83. The van der Waals surface area contributed by atoms with E-state index in [-0.39, 0.29) is 41.2 Å². The summed E-state index contributed by atoms with van der Waals surface area (Å²) in [5.41, 5.74) is -1.56. The SMILES string of the molecule is CN(C)C(=O)O[C@H]1CC2(NC(=O)COc3ccc(Cl)c(F)c3)CCC1(NC(=O)COc1ccc(Cl)c(F)c1)CC2. The number of fused-ring (bicyclic) bond motifs is 3. The van der Waals surface area contributed by atoms with E-state index in [2.05, 4.69) is 10.6 Å². The van der Waals surface area contributed by atoms with Gasteiger partial charge in [-0.3, -0.25) is 9.59 Å². The number of halogens is 4. The standard InChI is InChI=1S/C27H29Cl2F2N3O6/c1-34(2)25(37)40-22-13-26(32-23(35)14-38-16-3-5-18(28)20(30)11-16)7-9-27(22,10-8-26)33-24(36)15-39-17-4-6-19(29)21(31)12-17/h3-6,11-12,22H,7-10,13-15H2,1-2H3,(H,32,35)(H,33,36)/t22-,26?,27?/m0/s1. The van der Waals surface area contributed by atoms with E-state index in [1.165, 1.54) is 29.2 Å². The van der Waals surface area contributed by atoms with Crippen LogP contribution in [0.15, 0.2) is 36.4 Å². The molecule has 0 saturated heterocycles. The highest BCUT2D eigenvalue weighted by atomic mass is 35.5. The lowest BCUT2D eigenvalue weighted by Gasteiger charge is -2.57. The Morgan fingerprint density at radius 2 is 1.38 bits per heavy atom. The van der Waals surface area contributed by atoms with Crippen molar-refractivity contribution in [1.29, 1.82) is 0 Å². The van der Waals surface area contributed by atoms with Crippen molar-refractivity contribution in [1.82, 2.24) is 15.5 Å². The van der Waals surface area contributed by atoms with Crippen LogP contribution in [0.1, 0.15) is 32.1 Å². The number of benzene rings is 2. The largest absolute Gasteiger partial charge is 0.484 e. The van der Waals surface area contributed by atoms with Crippen LogP contribution >= 0.6 is 23.2 Å². The van der Waals surface area contributed by atoms with Crippen LogP contribution in [0.2, 0.25) is 10.0 Å². The van der Waals surface area contributed by atoms with Crippen LogP contribution in [-0.2, 0) is 14.3 Å². The van der Waals surface area contributed by atoms with E-state index < -0.39 is 46.7 Å². The molecule has 40 heavy (non-hydrogen) atoms. The first-order chi connectivity index (χ1) is 18.9. The third kappa shape index (κ3) is 6.87. The second-order valence-electron chi connectivity index (χ2n) is 10.2. The molecular formula is C27H29Cl2F2N3O6. The average molecular weight is 600 g/mol. The minimum absolute atomic E-state index is 0.0561. The van der Waals surface area contributed by atoms with Gasteiger partial charge in [-0.25, -0.2) is 13.6 Å². The van der Waals surface area contributed by atoms with Crippen LogP contribution in [0.5, 0.6) is 11.5 Å². The molecule has 3 aliphatic carbocycles. The third-order valence-electron chi connectivity index (χ3n) is 7.21. The van der Waals surface area contributed by atoms with Gasteiger partial charge in [-0.15, -0.1) is 0 Å². The summed E-state index contributed by atoms with van der Waals surface area (Å²) in [7, 11) is 3.09. The summed E-state index contributed by atoms with van der Waals surface area (Å²) in [6.07, 6.45) is 0.785. The van der Waals surface area contributed by atoms with Gasteiger partial charge in [0.2, 0.25) is 0 Å². The summed E-state index contributed by atoms with van der Waals surface area (Å²) >= 11 is 11.4. The van der Waals surface area contributed by atoms with Crippen LogP contribution in [0.25, 0.3) is 0 Å². The van der Waals surface area contributed by atoms with Crippen molar-refractivity contribution in [2.24, 2.45) is 0 Å². The molecule has 1 atom stereocenters. The minimum Gasteiger partial charge on any atom is -0.484 e. The van der Waals surface area contributed by atoms with Gasteiger partial charge in [0, 0.05) is 38.2 Å². The highest BCUT2D eigenvalue weighted by Crippen LogP contribution is 2.48. The maximum atomic E-state index is 13.7. The lowest BCUT2D eigenvalue weighted by Crippen LogP contribution is -2.71. The molecule has 0 spiro atoms. The molecule has 3 amide bonds. The fraction of sp³-hybridized carbons (Fsp3) is 0.444. The second kappa shape index (κ2) is 12.1. The summed E-state index contributed by atoms with van der Waals surface area (Å²) in [5, 5.41) is 5.86. The minimum atomic E-state index is -0.874. The summed E-state index contributed by atoms with van der Waals surface area (Å²) in [6.45, 7) is -0.739. The molecular weight excluding hydrogens is 571 g/mol. The number of nitrogens with zero attached hydrogens (tertiary/aromatic N) is 1. The van der Waals surface area contributed by atoms with Gasteiger partial charge in [0.1, 0.15) is 29.2 Å². The second-order valence-corrected chi connectivity index (χ2v) is 11.0. The zero-order valence-electron chi connectivity index (χ0n) is 21.9. The maximum absolute atomic E-state index is 13.7. The summed E-state index contributed by atoms with van der Waals surface area (Å²) in [4.78, 5) is 39.4. The lowest BCUT2D eigenvalue weighted by molar-refractivity contribution is -0.137. The number of amides is 3. The predicted molar refractivity (Wildman–Crippen MR) is 143 cm³/mol. The molecule has 216 valence electrons. The fourth-order valence-electron chi connectivity index (χ4n) is 5.09. The molecule has 2 aromatic carbocycles. The van der Waals surface area contributed by atoms with Gasteiger partial charge in [0.25, 0.3) is 11.8 Å². The Morgan fingerprint density at radius 3 is 1.85 bits per heavy atom. The number of ether oxygens (including phenoxy) is 3. The Bertz CT molecular complexity index is 1290. The molecule has 0 aromatic heterocycles. The molecule has 0 heterocycles. The van der Waals surface area contributed by atoms with Crippen molar-refractivity contribution in [3.05, 3.63) is 58.1 Å². The van der Waals surface area contributed by atoms with Crippen molar-refractivity contribution in [3.63, 3.8) is 0 Å². The molecule has 0 aliphatic heterocycles. The predicted octanol–water partition coefficient (Wildman–Crippen LogP) is 4.48. The fourth-order valence-corrected chi connectivity index (χ4v) is 5.33. The van der Waals surface area contributed by atoms with Gasteiger partial charge in [-0.05, 0) is 49.9 Å². The molecule has 3 aliphatic rings. The van der Waals surface area contributed by atoms with E-state index in [0.29, 0.717) is 25.7 Å². The molecule has 0 radical (unpaired) electrons. The highest BCUT2D eigenvalue weighted by Gasteiger charge is 2.57. The van der Waals surface area contributed by atoms with E-state index in [4.69, 9.17) is 37.4 Å². The van der Waals surface area contributed by atoms with Gasteiger partial charge >= 0.3 is 6.09 Å². The Balaban J connectivity index is 1.40. The first-order valence-electron chi connectivity index (χ1n) is 12.6. The van der Waals surface area contributed by atoms with Gasteiger partial charge in [-0.2, -0.15) is 0 Å². The van der Waals surface area contributed by atoms with Gasteiger partial charge < -0.3 is 29.7 Å². The molecule has 3 fully saturated rings. The number of rotatable bonds is 9. The van der Waals surface area contributed by atoms with Crippen LogP contribution in [0.4, 0.5) is 13.6 Å². The van der Waals surface area contributed by atoms with Crippen LogP contribution in [0, 0.1) is 11.6 Å². The Morgan fingerprint density at radius 1 is 0.875 bits per heavy atom.